The molecular weight excluding hydrogens is 316 g/mol. The fraction of sp³-hybridized carbons (Fsp3) is 0.158. The Balaban J connectivity index is 1.95. The Kier molecular flexibility index (Phi) is 5.33. The van der Waals surface area contributed by atoms with E-state index in [0.717, 1.165) is 29.3 Å². The molecule has 2 aromatic carbocycles. The SMILES string of the molecule is CCNc1nc(Nc2cccc(SC)c2)cc(-c2ccccc2)n1. The van der Waals surface area contributed by atoms with E-state index in [1.807, 2.05) is 43.3 Å². The molecule has 0 radical (unpaired) electrons. The van der Waals surface area contributed by atoms with Crippen molar-refractivity contribution in [2.24, 2.45) is 0 Å². The van der Waals surface area contributed by atoms with Crippen LogP contribution >= 0.6 is 11.8 Å². The van der Waals surface area contributed by atoms with Gasteiger partial charge in [0.1, 0.15) is 5.82 Å². The Hall–Kier alpha value is -2.53. The van der Waals surface area contributed by atoms with Gasteiger partial charge in [-0.15, -0.1) is 11.8 Å². The minimum absolute atomic E-state index is 0.627. The van der Waals surface area contributed by atoms with Crippen molar-refractivity contribution in [2.75, 3.05) is 23.4 Å². The standard InChI is InChI=1S/C19H20N4S/c1-3-20-19-22-17(14-8-5-4-6-9-14)13-18(23-19)21-15-10-7-11-16(12-15)24-2/h4-13H,3H2,1-2H3,(H2,20,21,22,23). The number of anilines is 3. The van der Waals surface area contributed by atoms with Gasteiger partial charge in [-0.2, -0.15) is 4.98 Å². The van der Waals surface area contributed by atoms with Gasteiger partial charge < -0.3 is 10.6 Å². The van der Waals surface area contributed by atoms with Crippen LogP contribution < -0.4 is 10.6 Å². The molecule has 0 aliphatic carbocycles. The molecule has 0 amide bonds. The number of thioether (sulfide) groups is 1. The molecule has 0 fully saturated rings. The molecular formula is C19H20N4S. The van der Waals surface area contributed by atoms with E-state index in [0.29, 0.717) is 5.95 Å². The zero-order valence-corrected chi connectivity index (χ0v) is 14.6. The van der Waals surface area contributed by atoms with Crippen molar-refractivity contribution in [1.29, 1.82) is 0 Å². The predicted molar refractivity (Wildman–Crippen MR) is 103 cm³/mol. The molecule has 2 N–H and O–H groups in total. The molecule has 0 bridgehead atoms. The first-order chi connectivity index (χ1) is 11.8. The summed E-state index contributed by atoms with van der Waals surface area (Å²) in [7, 11) is 0. The minimum Gasteiger partial charge on any atom is -0.354 e. The second-order valence-electron chi connectivity index (χ2n) is 5.22. The Morgan fingerprint density at radius 1 is 0.958 bits per heavy atom. The van der Waals surface area contributed by atoms with Crippen LogP contribution in [0, 0.1) is 0 Å². The first-order valence-electron chi connectivity index (χ1n) is 7.88. The maximum Gasteiger partial charge on any atom is 0.225 e. The number of aromatic nitrogens is 2. The summed E-state index contributed by atoms with van der Waals surface area (Å²) in [4.78, 5) is 10.4. The fourth-order valence-corrected chi connectivity index (χ4v) is 2.81. The van der Waals surface area contributed by atoms with Gasteiger partial charge >= 0.3 is 0 Å². The highest BCUT2D eigenvalue weighted by molar-refractivity contribution is 7.98. The van der Waals surface area contributed by atoms with Crippen LogP contribution in [0.5, 0.6) is 0 Å². The summed E-state index contributed by atoms with van der Waals surface area (Å²) in [6.07, 6.45) is 2.07. The van der Waals surface area contributed by atoms with Crippen molar-refractivity contribution in [1.82, 2.24) is 9.97 Å². The minimum atomic E-state index is 0.627. The van der Waals surface area contributed by atoms with Gasteiger partial charge in [0.05, 0.1) is 5.69 Å². The third-order valence-corrected chi connectivity index (χ3v) is 4.20. The highest BCUT2D eigenvalue weighted by Crippen LogP contribution is 2.25. The molecule has 4 nitrogen and oxygen atoms in total. The summed E-state index contributed by atoms with van der Waals surface area (Å²) in [5.74, 6) is 1.40. The smallest absolute Gasteiger partial charge is 0.225 e. The molecule has 0 atom stereocenters. The molecule has 5 heteroatoms. The summed E-state index contributed by atoms with van der Waals surface area (Å²) in [6, 6.07) is 20.4. The maximum atomic E-state index is 4.60. The van der Waals surface area contributed by atoms with Crippen molar-refractivity contribution >= 4 is 29.2 Å². The Morgan fingerprint density at radius 3 is 2.54 bits per heavy atom. The van der Waals surface area contributed by atoms with E-state index in [1.54, 1.807) is 11.8 Å². The summed E-state index contributed by atoms with van der Waals surface area (Å²) >= 11 is 1.72. The number of hydrogen-bond acceptors (Lipinski definition) is 5. The highest BCUT2D eigenvalue weighted by atomic mass is 32.2. The van der Waals surface area contributed by atoms with Crippen LogP contribution in [0.3, 0.4) is 0 Å². The summed E-state index contributed by atoms with van der Waals surface area (Å²) < 4.78 is 0. The van der Waals surface area contributed by atoms with Crippen molar-refractivity contribution < 1.29 is 0 Å². The van der Waals surface area contributed by atoms with Crippen LogP contribution in [0.1, 0.15) is 6.92 Å². The van der Waals surface area contributed by atoms with Gasteiger partial charge in [0, 0.05) is 28.8 Å². The van der Waals surface area contributed by atoms with Gasteiger partial charge in [-0.3, -0.25) is 0 Å². The number of hydrogen-bond donors (Lipinski definition) is 2. The first kappa shape index (κ1) is 16.3. The van der Waals surface area contributed by atoms with Crippen LogP contribution in [0.15, 0.2) is 65.6 Å². The van der Waals surface area contributed by atoms with E-state index >= 15 is 0 Å². The van der Waals surface area contributed by atoms with E-state index < -0.39 is 0 Å². The zero-order valence-electron chi connectivity index (χ0n) is 13.8. The Morgan fingerprint density at radius 2 is 1.79 bits per heavy atom. The van der Waals surface area contributed by atoms with Gasteiger partial charge in [0.15, 0.2) is 0 Å². The summed E-state index contributed by atoms with van der Waals surface area (Å²) in [6.45, 7) is 2.81. The normalized spacial score (nSPS) is 10.4. The summed E-state index contributed by atoms with van der Waals surface area (Å²) in [5.41, 5.74) is 2.98. The second-order valence-corrected chi connectivity index (χ2v) is 6.09. The zero-order chi connectivity index (χ0) is 16.8. The number of nitrogens with zero attached hydrogens (tertiary/aromatic N) is 2. The number of rotatable bonds is 6. The summed E-state index contributed by atoms with van der Waals surface area (Å²) in [5, 5.41) is 6.58. The fourth-order valence-electron chi connectivity index (χ4n) is 2.35. The maximum absolute atomic E-state index is 4.60. The van der Waals surface area contributed by atoms with Gasteiger partial charge in [0.2, 0.25) is 5.95 Å². The molecule has 0 saturated heterocycles. The second kappa shape index (κ2) is 7.84. The predicted octanol–water partition coefficient (Wildman–Crippen LogP) is 5.04. The molecule has 1 aromatic heterocycles. The molecule has 0 aliphatic rings. The molecule has 0 spiro atoms. The molecule has 0 unspecified atom stereocenters. The quantitative estimate of drug-likeness (QED) is 0.618. The Bertz CT molecular complexity index is 805. The molecule has 3 aromatic rings. The third kappa shape index (κ3) is 4.06. The molecule has 24 heavy (non-hydrogen) atoms. The van der Waals surface area contributed by atoms with E-state index in [1.165, 1.54) is 4.90 Å². The van der Waals surface area contributed by atoms with E-state index in [4.69, 9.17) is 0 Å². The van der Waals surface area contributed by atoms with Crippen molar-refractivity contribution in [3.05, 3.63) is 60.7 Å². The average molecular weight is 336 g/mol. The molecule has 0 saturated carbocycles. The number of benzene rings is 2. The Labute approximate surface area is 146 Å². The van der Waals surface area contributed by atoms with Crippen molar-refractivity contribution in [2.45, 2.75) is 11.8 Å². The molecule has 0 aliphatic heterocycles. The largest absolute Gasteiger partial charge is 0.354 e. The first-order valence-corrected chi connectivity index (χ1v) is 9.10. The monoisotopic (exact) mass is 336 g/mol. The van der Waals surface area contributed by atoms with E-state index in [-0.39, 0.29) is 0 Å². The highest BCUT2D eigenvalue weighted by Gasteiger charge is 2.07. The lowest BCUT2D eigenvalue weighted by atomic mass is 10.1. The third-order valence-electron chi connectivity index (χ3n) is 3.47. The molecule has 122 valence electrons. The topological polar surface area (TPSA) is 49.8 Å². The molecule has 3 rings (SSSR count). The van der Waals surface area contributed by atoms with Crippen LogP contribution in [0.2, 0.25) is 0 Å². The van der Waals surface area contributed by atoms with Gasteiger partial charge in [0.25, 0.3) is 0 Å². The lowest BCUT2D eigenvalue weighted by molar-refractivity contribution is 1.09. The van der Waals surface area contributed by atoms with Crippen LogP contribution in [0.4, 0.5) is 17.5 Å². The van der Waals surface area contributed by atoms with Gasteiger partial charge in [-0.1, -0.05) is 36.4 Å². The molecule has 1 heterocycles. The number of nitrogens with one attached hydrogen (secondary N) is 2. The van der Waals surface area contributed by atoms with Crippen LogP contribution in [-0.4, -0.2) is 22.8 Å². The van der Waals surface area contributed by atoms with Crippen LogP contribution in [0.25, 0.3) is 11.3 Å². The lowest BCUT2D eigenvalue weighted by Gasteiger charge is -2.11. The van der Waals surface area contributed by atoms with E-state index in [2.05, 4.69) is 51.1 Å². The van der Waals surface area contributed by atoms with Crippen molar-refractivity contribution in [3.8, 4) is 11.3 Å². The van der Waals surface area contributed by atoms with Gasteiger partial charge in [-0.25, -0.2) is 4.98 Å². The van der Waals surface area contributed by atoms with Gasteiger partial charge in [-0.05, 0) is 31.4 Å². The van der Waals surface area contributed by atoms with Crippen LogP contribution in [-0.2, 0) is 0 Å². The van der Waals surface area contributed by atoms with E-state index in [9.17, 15) is 0 Å². The average Bonchev–Trinajstić information content (AvgIpc) is 2.63. The van der Waals surface area contributed by atoms with Crippen molar-refractivity contribution in [3.63, 3.8) is 0 Å². The lowest BCUT2D eigenvalue weighted by Crippen LogP contribution is -2.05.